The number of H-pyrrole nitrogens is 1. The van der Waals surface area contributed by atoms with Gasteiger partial charge in [0.05, 0.1) is 17.4 Å². The van der Waals surface area contributed by atoms with Crippen LogP contribution < -0.4 is 15.0 Å². The Hall–Kier alpha value is -4.30. The Kier molecular flexibility index (Phi) is 6.35. The molecule has 5 rings (SSSR count). The fourth-order valence-corrected chi connectivity index (χ4v) is 4.25. The number of benzene rings is 1. The van der Waals surface area contributed by atoms with Crippen LogP contribution >= 0.6 is 0 Å². The summed E-state index contributed by atoms with van der Waals surface area (Å²) in [7, 11) is 0. The zero-order valence-corrected chi connectivity index (χ0v) is 19.8. The van der Waals surface area contributed by atoms with Crippen LogP contribution in [-0.4, -0.2) is 57.6 Å². The summed E-state index contributed by atoms with van der Waals surface area (Å²) in [5.74, 6) is -1.42. The SMILES string of the molecule is CCN1CCN(c2ccc(Nc3ncnc(Oc4cc(F)c5[nH]c(C)cc5c4F)c3C#N)nc2)CC1. The number of piperazine rings is 1. The van der Waals surface area contributed by atoms with Gasteiger partial charge in [0.2, 0.25) is 5.88 Å². The second-order valence-electron chi connectivity index (χ2n) is 8.48. The summed E-state index contributed by atoms with van der Waals surface area (Å²) in [6.07, 6.45) is 2.94. The van der Waals surface area contributed by atoms with Crippen LogP contribution in [0.3, 0.4) is 0 Å². The Labute approximate surface area is 206 Å². The zero-order valence-electron chi connectivity index (χ0n) is 19.8. The van der Waals surface area contributed by atoms with Crippen molar-refractivity contribution in [1.29, 1.82) is 5.26 Å². The summed E-state index contributed by atoms with van der Waals surface area (Å²) in [6, 6.07) is 8.13. The second-order valence-corrected chi connectivity index (χ2v) is 8.48. The molecule has 0 aliphatic carbocycles. The lowest BCUT2D eigenvalue weighted by molar-refractivity contribution is 0.271. The summed E-state index contributed by atoms with van der Waals surface area (Å²) < 4.78 is 35.0. The average Bonchev–Trinajstić information content (AvgIpc) is 3.30. The number of nitrogens with zero attached hydrogens (tertiary/aromatic N) is 6. The van der Waals surface area contributed by atoms with Crippen LogP contribution in [-0.2, 0) is 0 Å². The monoisotopic (exact) mass is 490 g/mol. The summed E-state index contributed by atoms with van der Waals surface area (Å²) in [5.41, 5.74) is 1.60. The molecule has 184 valence electrons. The third kappa shape index (κ3) is 4.50. The lowest BCUT2D eigenvalue weighted by Crippen LogP contribution is -2.46. The minimum absolute atomic E-state index is 0.0460. The molecule has 0 bridgehead atoms. The van der Waals surface area contributed by atoms with Crippen LogP contribution in [0, 0.1) is 29.9 Å². The normalized spacial score (nSPS) is 14.1. The maximum absolute atomic E-state index is 15.0. The van der Waals surface area contributed by atoms with E-state index in [1.807, 2.05) is 12.1 Å². The van der Waals surface area contributed by atoms with Gasteiger partial charge in [-0.3, -0.25) is 0 Å². The third-order valence-electron chi connectivity index (χ3n) is 6.21. The number of nitriles is 1. The molecule has 0 unspecified atom stereocenters. The molecule has 1 aromatic carbocycles. The van der Waals surface area contributed by atoms with Crippen LogP contribution in [0.15, 0.2) is 36.8 Å². The highest BCUT2D eigenvalue weighted by Crippen LogP contribution is 2.34. The molecule has 4 heterocycles. The summed E-state index contributed by atoms with van der Waals surface area (Å²) in [6.45, 7) is 8.77. The van der Waals surface area contributed by atoms with Gasteiger partial charge in [0.25, 0.3) is 0 Å². The molecule has 3 aromatic heterocycles. The number of aromatic nitrogens is 4. The van der Waals surface area contributed by atoms with Crippen molar-refractivity contribution < 1.29 is 13.5 Å². The molecule has 1 aliphatic heterocycles. The van der Waals surface area contributed by atoms with Crippen LogP contribution in [0.5, 0.6) is 11.6 Å². The highest BCUT2D eigenvalue weighted by atomic mass is 19.1. The number of hydrogen-bond acceptors (Lipinski definition) is 8. The first-order chi connectivity index (χ1) is 17.5. The van der Waals surface area contributed by atoms with Crippen molar-refractivity contribution in [2.45, 2.75) is 13.8 Å². The molecule has 0 atom stereocenters. The maximum atomic E-state index is 15.0. The Balaban J connectivity index is 1.36. The van der Waals surface area contributed by atoms with Crippen LogP contribution in [0.25, 0.3) is 10.9 Å². The molecule has 36 heavy (non-hydrogen) atoms. The summed E-state index contributed by atoms with van der Waals surface area (Å²) in [5, 5.41) is 12.8. The number of rotatable bonds is 6. The van der Waals surface area contributed by atoms with Gasteiger partial charge in [0.1, 0.15) is 18.2 Å². The molecule has 4 aromatic rings. The molecule has 0 spiro atoms. The van der Waals surface area contributed by atoms with Gasteiger partial charge in [-0.15, -0.1) is 0 Å². The smallest absolute Gasteiger partial charge is 0.242 e. The number of hydrogen-bond donors (Lipinski definition) is 2. The van der Waals surface area contributed by atoms with E-state index in [0.717, 1.165) is 44.5 Å². The fourth-order valence-electron chi connectivity index (χ4n) is 4.25. The Bertz CT molecular complexity index is 1440. The van der Waals surface area contributed by atoms with Crippen molar-refractivity contribution in [3.05, 3.63) is 59.7 Å². The summed E-state index contributed by atoms with van der Waals surface area (Å²) >= 11 is 0. The number of pyridine rings is 1. The van der Waals surface area contributed by atoms with E-state index < -0.39 is 11.6 Å². The average molecular weight is 491 g/mol. The third-order valence-corrected chi connectivity index (χ3v) is 6.21. The molecular formula is C25H24F2N8O. The predicted molar refractivity (Wildman–Crippen MR) is 132 cm³/mol. The lowest BCUT2D eigenvalue weighted by Gasteiger charge is -2.35. The molecule has 1 fully saturated rings. The highest BCUT2D eigenvalue weighted by molar-refractivity contribution is 5.83. The number of ether oxygens (including phenoxy) is 1. The molecule has 11 heteroatoms. The minimum atomic E-state index is -0.759. The Morgan fingerprint density at radius 3 is 2.64 bits per heavy atom. The first-order valence-electron chi connectivity index (χ1n) is 11.6. The van der Waals surface area contributed by atoms with E-state index in [0.29, 0.717) is 11.5 Å². The van der Waals surface area contributed by atoms with Gasteiger partial charge in [-0.1, -0.05) is 6.92 Å². The predicted octanol–water partition coefficient (Wildman–Crippen LogP) is 4.49. The van der Waals surface area contributed by atoms with Crippen molar-refractivity contribution in [3.63, 3.8) is 0 Å². The fraction of sp³-hybridized carbons (Fsp3) is 0.280. The van der Waals surface area contributed by atoms with Gasteiger partial charge in [-0.25, -0.2) is 23.7 Å². The van der Waals surface area contributed by atoms with Crippen LogP contribution in [0.4, 0.5) is 26.1 Å². The Morgan fingerprint density at radius 1 is 1.14 bits per heavy atom. The van der Waals surface area contributed by atoms with E-state index in [9.17, 15) is 14.0 Å². The van der Waals surface area contributed by atoms with Crippen molar-refractivity contribution in [3.8, 4) is 17.7 Å². The van der Waals surface area contributed by atoms with E-state index in [2.05, 4.69) is 42.0 Å². The molecule has 0 radical (unpaired) electrons. The van der Waals surface area contributed by atoms with E-state index in [1.165, 1.54) is 12.4 Å². The van der Waals surface area contributed by atoms with E-state index in [-0.39, 0.29) is 33.9 Å². The van der Waals surface area contributed by atoms with Gasteiger partial charge >= 0.3 is 0 Å². The van der Waals surface area contributed by atoms with Crippen molar-refractivity contribution in [2.75, 3.05) is 42.9 Å². The van der Waals surface area contributed by atoms with Gasteiger partial charge < -0.3 is 24.8 Å². The molecule has 2 N–H and O–H groups in total. The van der Waals surface area contributed by atoms with Gasteiger partial charge in [0.15, 0.2) is 28.8 Å². The molecule has 1 saturated heterocycles. The van der Waals surface area contributed by atoms with Crippen molar-refractivity contribution in [2.24, 2.45) is 0 Å². The minimum Gasteiger partial charge on any atom is -0.434 e. The topological polar surface area (TPSA) is 106 Å². The summed E-state index contributed by atoms with van der Waals surface area (Å²) in [4.78, 5) is 20.0. The largest absolute Gasteiger partial charge is 0.434 e. The highest BCUT2D eigenvalue weighted by Gasteiger charge is 2.20. The molecule has 9 nitrogen and oxygen atoms in total. The van der Waals surface area contributed by atoms with E-state index in [4.69, 9.17) is 4.74 Å². The second kappa shape index (κ2) is 9.75. The van der Waals surface area contributed by atoms with E-state index >= 15 is 0 Å². The van der Waals surface area contributed by atoms with Gasteiger partial charge in [-0.05, 0) is 31.7 Å². The molecule has 0 saturated carbocycles. The number of aromatic amines is 1. The van der Waals surface area contributed by atoms with Crippen molar-refractivity contribution in [1.82, 2.24) is 24.8 Å². The quantitative estimate of drug-likeness (QED) is 0.407. The Morgan fingerprint density at radius 2 is 1.94 bits per heavy atom. The van der Waals surface area contributed by atoms with E-state index in [1.54, 1.807) is 19.2 Å². The number of halogens is 2. The number of fused-ring (bicyclic) bond motifs is 1. The lowest BCUT2D eigenvalue weighted by atomic mass is 10.2. The number of aryl methyl sites for hydroxylation is 1. The molecule has 1 aliphatic rings. The standard InChI is InChI=1S/C25H24F2N8O/c1-3-34-6-8-35(9-7-34)16-4-5-21(29-13-16)33-24-18(12-28)25(31-14-30-24)36-20-11-19(26)23-17(22(20)27)10-15(2)32-23/h4-5,10-11,13-14,32H,3,6-9H2,1-2H3,(H,29,30,31,33). The van der Waals surface area contributed by atoms with Crippen LogP contribution in [0.1, 0.15) is 18.2 Å². The number of likely N-dealkylation sites (N-methyl/N-ethyl adjacent to an activating group) is 1. The van der Waals surface area contributed by atoms with Crippen LogP contribution in [0.2, 0.25) is 0 Å². The maximum Gasteiger partial charge on any atom is 0.242 e. The van der Waals surface area contributed by atoms with Crippen molar-refractivity contribution >= 4 is 28.2 Å². The number of nitrogens with one attached hydrogen (secondary N) is 2. The van der Waals surface area contributed by atoms with Gasteiger partial charge in [-0.2, -0.15) is 5.26 Å². The first-order valence-corrected chi connectivity index (χ1v) is 11.6. The zero-order chi connectivity index (χ0) is 25.2. The number of anilines is 3. The molecular weight excluding hydrogens is 466 g/mol. The first kappa shape index (κ1) is 23.4. The van der Waals surface area contributed by atoms with Gasteiger partial charge in [0, 0.05) is 43.3 Å². The molecule has 0 amide bonds.